The first-order valence-corrected chi connectivity index (χ1v) is 12.0. The van der Waals surface area contributed by atoms with E-state index in [9.17, 15) is 5.11 Å². The quantitative estimate of drug-likeness (QED) is 0.538. The van der Waals surface area contributed by atoms with Gasteiger partial charge < -0.3 is 19.0 Å². The largest absolute Gasteiger partial charge is 0.465 e. The smallest absolute Gasteiger partial charge is 0.169 e. The van der Waals surface area contributed by atoms with Crippen LogP contribution >= 0.6 is 0 Å². The van der Waals surface area contributed by atoms with Gasteiger partial charge >= 0.3 is 0 Å². The number of aliphatic hydroxyl groups is 1. The fourth-order valence-electron chi connectivity index (χ4n) is 4.73. The van der Waals surface area contributed by atoms with Crippen LogP contribution in [-0.4, -0.2) is 39.0 Å². The number of hydrogen-bond acceptors (Lipinski definition) is 6. The lowest BCUT2D eigenvalue weighted by Crippen LogP contribution is -2.21. The second-order valence-corrected chi connectivity index (χ2v) is 8.99. The Morgan fingerprint density at radius 2 is 1.97 bits per heavy atom. The van der Waals surface area contributed by atoms with Crippen molar-refractivity contribution < 1.29 is 19.0 Å². The van der Waals surface area contributed by atoms with Crippen molar-refractivity contribution in [3.8, 4) is 17.1 Å². The minimum Gasteiger partial charge on any atom is -0.465 e. The van der Waals surface area contributed by atoms with Gasteiger partial charge in [-0.15, -0.1) is 0 Å². The molecule has 3 aromatic rings. The number of nitrogens with zero attached hydrogens (tertiary/aromatic N) is 3. The Balaban J connectivity index is 1.25. The van der Waals surface area contributed by atoms with Crippen molar-refractivity contribution in [2.75, 3.05) is 13.1 Å². The summed E-state index contributed by atoms with van der Waals surface area (Å²) in [5.41, 5.74) is 4.95. The standard InChI is InChI=1S/C28H27N3O4/c32-24-12-13-30(17-24)16-22-15-29-31(28(22)25-7-4-14-34-25)23-10-8-21(9-11-23)27-19-33-18-26(35-27)20-5-2-1-3-6-20/h1-2,4-5,7-11,14-15,18-19,24,32H,3,6,12-13,16-17H2. The van der Waals surface area contributed by atoms with E-state index in [4.69, 9.17) is 19.0 Å². The molecule has 2 aliphatic heterocycles. The molecular formula is C28H27N3O4. The number of aromatic nitrogens is 2. The molecule has 1 aromatic carbocycles. The molecule has 1 atom stereocenters. The van der Waals surface area contributed by atoms with Crippen LogP contribution in [0.4, 0.5) is 0 Å². The van der Waals surface area contributed by atoms with E-state index in [1.807, 2.05) is 47.3 Å². The van der Waals surface area contributed by atoms with Crippen LogP contribution in [-0.2, 0) is 16.0 Å². The minimum atomic E-state index is -0.258. The Morgan fingerprint density at radius 3 is 2.71 bits per heavy atom. The third kappa shape index (κ3) is 4.48. The van der Waals surface area contributed by atoms with E-state index in [0.717, 1.165) is 65.4 Å². The van der Waals surface area contributed by atoms with E-state index in [2.05, 4.69) is 23.1 Å². The molecule has 0 bridgehead atoms. The van der Waals surface area contributed by atoms with Crippen LogP contribution in [0.2, 0.25) is 0 Å². The molecular weight excluding hydrogens is 442 g/mol. The third-order valence-corrected chi connectivity index (χ3v) is 6.54. The van der Waals surface area contributed by atoms with Crippen molar-refractivity contribution in [1.29, 1.82) is 0 Å². The zero-order chi connectivity index (χ0) is 23.6. The predicted octanol–water partition coefficient (Wildman–Crippen LogP) is 5.16. The predicted molar refractivity (Wildman–Crippen MR) is 132 cm³/mol. The number of ether oxygens (including phenoxy) is 2. The molecule has 0 saturated carbocycles. The Morgan fingerprint density at radius 1 is 1.09 bits per heavy atom. The first-order valence-electron chi connectivity index (χ1n) is 12.0. The van der Waals surface area contributed by atoms with Crippen molar-refractivity contribution in [2.45, 2.75) is 31.9 Å². The highest BCUT2D eigenvalue weighted by Crippen LogP contribution is 2.32. The summed E-state index contributed by atoms with van der Waals surface area (Å²) in [6, 6.07) is 11.9. The lowest BCUT2D eigenvalue weighted by molar-refractivity contribution is 0.175. The van der Waals surface area contributed by atoms with Crippen LogP contribution in [0, 0.1) is 0 Å². The van der Waals surface area contributed by atoms with E-state index in [0.29, 0.717) is 18.8 Å². The summed E-state index contributed by atoms with van der Waals surface area (Å²) in [4.78, 5) is 2.25. The number of benzene rings is 1. The molecule has 1 N–H and O–H groups in total. The molecule has 7 nitrogen and oxygen atoms in total. The molecule has 0 radical (unpaired) electrons. The molecule has 1 saturated heterocycles. The van der Waals surface area contributed by atoms with Gasteiger partial charge in [-0.2, -0.15) is 5.10 Å². The molecule has 2 aromatic heterocycles. The number of likely N-dealkylation sites (tertiary alicyclic amines) is 1. The van der Waals surface area contributed by atoms with E-state index < -0.39 is 0 Å². The number of aliphatic hydroxyl groups excluding tert-OH is 1. The maximum absolute atomic E-state index is 9.92. The number of β-amino-alcohol motifs (C(OH)–C–C–N with tert-alkyl or cyclic N) is 1. The number of allylic oxidation sites excluding steroid dienone is 4. The maximum atomic E-state index is 9.92. The number of furan rings is 1. The van der Waals surface area contributed by atoms with Crippen LogP contribution in [0.5, 0.6) is 0 Å². The zero-order valence-corrected chi connectivity index (χ0v) is 19.3. The fourth-order valence-corrected chi connectivity index (χ4v) is 4.73. The van der Waals surface area contributed by atoms with Crippen molar-refractivity contribution in [2.24, 2.45) is 0 Å². The first-order chi connectivity index (χ1) is 17.2. The summed E-state index contributed by atoms with van der Waals surface area (Å²) >= 11 is 0. The van der Waals surface area contributed by atoms with Gasteiger partial charge in [-0.1, -0.05) is 18.2 Å². The summed E-state index contributed by atoms with van der Waals surface area (Å²) in [6.45, 7) is 2.26. The molecule has 35 heavy (non-hydrogen) atoms. The van der Waals surface area contributed by atoms with Gasteiger partial charge in [0.15, 0.2) is 17.3 Å². The molecule has 0 amide bonds. The van der Waals surface area contributed by atoms with E-state index in [-0.39, 0.29) is 6.10 Å². The van der Waals surface area contributed by atoms with Crippen LogP contribution in [0.25, 0.3) is 22.9 Å². The highest BCUT2D eigenvalue weighted by molar-refractivity contribution is 5.64. The Bertz CT molecular complexity index is 1310. The van der Waals surface area contributed by atoms with Gasteiger partial charge in [0.1, 0.15) is 18.2 Å². The highest BCUT2D eigenvalue weighted by Gasteiger charge is 2.24. The van der Waals surface area contributed by atoms with Crippen LogP contribution < -0.4 is 0 Å². The van der Waals surface area contributed by atoms with E-state index in [1.54, 1.807) is 18.8 Å². The molecule has 0 spiro atoms. The average molecular weight is 470 g/mol. The Kier molecular flexibility index (Phi) is 5.86. The Labute approximate surface area is 203 Å². The van der Waals surface area contributed by atoms with Crippen LogP contribution in [0.15, 0.2) is 95.4 Å². The summed E-state index contributed by atoms with van der Waals surface area (Å²) < 4.78 is 19.4. The lowest BCUT2D eigenvalue weighted by Gasteiger charge is -2.20. The van der Waals surface area contributed by atoms with Crippen LogP contribution in [0.1, 0.15) is 30.4 Å². The van der Waals surface area contributed by atoms with E-state index >= 15 is 0 Å². The highest BCUT2D eigenvalue weighted by atomic mass is 16.5. The van der Waals surface area contributed by atoms with Gasteiger partial charge in [0.05, 0.1) is 24.3 Å². The SMILES string of the molecule is OC1CCN(Cc2cnn(-c3ccc(C4=COC=C(C5=CC=CCC5)O4)cc3)c2-c2ccco2)C1. The molecule has 6 rings (SSSR count). The molecule has 4 heterocycles. The molecule has 1 aliphatic carbocycles. The topological polar surface area (TPSA) is 72.9 Å². The van der Waals surface area contributed by atoms with Crippen molar-refractivity contribution in [3.63, 3.8) is 0 Å². The molecule has 1 fully saturated rings. The lowest BCUT2D eigenvalue weighted by atomic mass is 10.0. The summed E-state index contributed by atoms with van der Waals surface area (Å²) in [7, 11) is 0. The molecule has 178 valence electrons. The third-order valence-electron chi connectivity index (χ3n) is 6.54. The van der Waals surface area contributed by atoms with Gasteiger partial charge in [-0.3, -0.25) is 4.90 Å². The Hall–Kier alpha value is -3.81. The maximum Gasteiger partial charge on any atom is 0.169 e. The zero-order valence-electron chi connectivity index (χ0n) is 19.3. The average Bonchev–Trinajstić information content (AvgIpc) is 3.67. The van der Waals surface area contributed by atoms with Gasteiger partial charge in [-0.05, 0) is 61.2 Å². The molecule has 3 aliphatic rings. The van der Waals surface area contributed by atoms with Crippen LogP contribution in [0.3, 0.4) is 0 Å². The molecule has 1 unspecified atom stereocenters. The van der Waals surface area contributed by atoms with Crippen molar-refractivity contribution >= 4 is 5.76 Å². The summed E-state index contributed by atoms with van der Waals surface area (Å²) in [5.74, 6) is 2.18. The van der Waals surface area contributed by atoms with Crippen molar-refractivity contribution in [1.82, 2.24) is 14.7 Å². The number of hydrogen-bond donors (Lipinski definition) is 1. The van der Waals surface area contributed by atoms with Crippen molar-refractivity contribution in [3.05, 3.63) is 102 Å². The molecule has 7 heteroatoms. The minimum absolute atomic E-state index is 0.258. The fraction of sp³-hybridized carbons (Fsp3) is 0.250. The van der Waals surface area contributed by atoms with Gasteiger partial charge in [-0.25, -0.2) is 4.68 Å². The summed E-state index contributed by atoms with van der Waals surface area (Å²) in [6.07, 6.45) is 15.6. The second kappa shape index (κ2) is 9.44. The summed E-state index contributed by atoms with van der Waals surface area (Å²) in [5, 5.41) is 14.6. The first kappa shape index (κ1) is 21.7. The normalized spacial score (nSPS) is 20.1. The van der Waals surface area contributed by atoms with E-state index in [1.165, 1.54) is 0 Å². The van der Waals surface area contributed by atoms with Gasteiger partial charge in [0.2, 0.25) is 0 Å². The van der Waals surface area contributed by atoms with Gasteiger partial charge in [0.25, 0.3) is 0 Å². The van der Waals surface area contributed by atoms with Gasteiger partial charge in [0, 0.05) is 30.8 Å². The second-order valence-electron chi connectivity index (χ2n) is 8.99. The monoisotopic (exact) mass is 469 g/mol. The number of rotatable bonds is 6.